The first kappa shape index (κ1) is 24.3. The summed E-state index contributed by atoms with van der Waals surface area (Å²) in [4.78, 5) is 20.8. The highest BCUT2D eigenvalue weighted by molar-refractivity contribution is 5.85. The van der Waals surface area contributed by atoms with Crippen LogP contribution in [0.25, 0.3) is 0 Å². The number of aliphatic imine (C=N–C) groups is 1. The Kier molecular flexibility index (Phi) is 5.71. The van der Waals surface area contributed by atoms with Gasteiger partial charge in [-0.05, 0) is 92.4 Å². The van der Waals surface area contributed by atoms with Crippen LogP contribution in [0.2, 0.25) is 0 Å². The lowest BCUT2D eigenvalue weighted by molar-refractivity contribution is -0.237. The molecule has 36 heavy (non-hydrogen) atoms. The number of fused-ring (bicyclic) bond motifs is 5. The molecule has 0 aromatic carbocycles. The zero-order chi connectivity index (χ0) is 25.2. The first-order chi connectivity index (χ1) is 17.2. The summed E-state index contributed by atoms with van der Waals surface area (Å²) >= 11 is 0. The van der Waals surface area contributed by atoms with Gasteiger partial charge in [0.15, 0.2) is 0 Å². The van der Waals surface area contributed by atoms with Crippen LogP contribution in [0.3, 0.4) is 0 Å². The first-order valence-electron chi connectivity index (χ1n) is 13.6. The molecule has 7 heteroatoms. The number of pyridine rings is 1. The minimum Gasteiger partial charge on any atom is -0.458 e. The smallest absolute Gasteiger partial charge is 0.331 e. The number of aliphatic hydroxyl groups excluding tert-OH is 1. The maximum Gasteiger partial charge on any atom is 0.331 e. The van der Waals surface area contributed by atoms with E-state index < -0.39 is 22.7 Å². The fourth-order valence-electron chi connectivity index (χ4n) is 9.16. The lowest BCUT2D eigenvalue weighted by atomic mass is 9.41. The predicted octanol–water partition coefficient (Wildman–Crippen LogP) is 3.37. The fraction of sp³-hybridized carbons (Fsp3) is 0.690. The Balaban J connectivity index is 1.35. The van der Waals surface area contributed by atoms with Gasteiger partial charge in [0.25, 0.3) is 0 Å². The van der Waals surface area contributed by atoms with E-state index >= 15 is 0 Å². The number of rotatable bonds is 4. The summed E-state index contributed by atoms with van der Waals surface area (Å²) in [5, 5.41) is 35.1. The molecule has 0 spiro atoms. The SMILES string of the molecule is C[C@]12CC[C@@H]3[C@H](CC[C@]4(O)C[C@H](O)CC[C@]34C=NCc3ccncc3)[C@@]1(O)CC[C@H]2C1=CC(=O)OC1. The summed E-state index contributed by atoms with van der Waals surface area (Å²) in [5.74, 6) is 0.00532. The molecule has 0 radical (unpaired) electrons. The summed E-state index contributed by atoms with van der Waals surface area (Å²) in [6, 6.07) is 3.91. The molecular weight excluding hydrogens is 456 g/mol. The number of aromatic nitrogens is 1. The Morgan fingerprint density at radius 1 is 1.08 bits per heavy atom. The highest BCUT2D eigenvalue weighted by Crippen LogP contribution is 2.70. The van der Waals surface area contributed by atoms with Gasteiger partial charge in [-0.1, -0.05) is 6.92 Å². The number of hydrogen-bond donors (Lipinski definition) is 3. The van der Waals surface area contributed by atoms with Gasteiger partial charge in [0.2, 0.25) is 0 Å². The van der Waals surface area contributed by atoms with Gasteiger partial charge in [-0.25, -0.2) is 4.79 Å². The van der Waals surface area contributed by atoms with Crippen molar-refractivity contribution in [3.8, 4) is 0 Å². The van der Waals surface area contributed by atoms with E-state index in [0.717, 1.165) is 36.8 Å². The molecule has 0 unspecified atom stereocenters. The third-order valence-corrected chi connectivity index (χ3v) is 11.0. The Bertz CT molecular complexity index is 1090. The van der Waals surface area contributed by atoms with Crippen LogP contribution in [0.1, 0.15) is 70.3 Å². The molecule has 3 N–H and O–H groups in total. The van der Waals surface area contributed by atoms with Crippen molar-refractivity contribution in [3.63, 3.8) is 0 Å². The molecule has 6 rings (SSSR count). The van der Waals surface area contributed by atoms with E-state index in [0.29, 0.717) is 45.3 Å². The summed E-state index contributed by atoms with van der Waals surface area (Å²) in [6.45, 7) is 3.07. The summed E-state index contributed by atoms with van der Waals surface area (Å²) in [5.41, 5.74) is -0.686. The molecule has 194 valence electrons. The highest BCUT2D eigenvalue weighted by atomic mass is 16.5. The van der Waals surface area contributed by atoms with Crippen molar-refractivity contribution < 1.29 is 24.9 Å². The Morgan fingerprint density at radius 2 is 1.86 bits per heavy atom. The monoisotopic (exact) mass is 494 g/mol. The van der Waals surface area contributed by atoms with E-state index in [1.165, 1.54) is 0 Å². The minimum absolute atomic E-state index is 0.0442. The van der Waals surface area contributed by atoms with Crippen LogP contribution in [0, 0.1) is 28.6 Å². The maximum atomic E-state index is 12.5. The number of esters is 1. The van der Waals surface area contributed by atoms with Crippen molar-refractivity contribution in [2.24, 2.45) is 33.6 Å². The van der Waals surface area contributed by atoms with Crippen LogP contribution in [0.4, 0.5) is 0 Å². The molecule has 4 fully saturated rings. The van der Waals surface area contributed by atoms with Gasteiger partial charge in [-0.2, -0.15) is 0 Å². The third kappa shape index (κ3) is 3.38. The van der Waals surface area contributed by atoms with E-state index in [2.05, 4.69) is 11.9 Å². The number of cyclic esters (lactones) is 1. The average Bonchev–Trinajstić information content (AvgIpc) is 3.40. The normalized spacial score (nSPS) is 46.1. The van der Waals surface area contributed by atoms with E-state index in [1.807, 2.05) is 18.3 Å². The number of hydrogen-bond acceptors (Lipinski definition) is 7. The van der Waals surface area contributed by atoms with Crippen molar-refractivity contribution >= 4 is 12.2 Å². The van der Waals surface area contributed by atoms with Crippen molar-refractivity contribution in [2.75, 3.05) is 6.61 Å². The fourth-order valence-corrected chi connectivity index (χ4v) is 9.16. The van der Waals surface area contributed by atoms with Crippen LogP contribution < -0.4 is 0 Å². The number of carbonyl (C=O) groups is 1. The van der Waals surface area contributed by atoms with Crippen molar-refractivity contribution in [2.45, 2.75) is 88.6 Å². The molecule has 1 aliphatic heterocycles. The molecule has 4 saturated carbocycles. The van der Waals surface area contributed by atoms with Crippen LogP contribution in [-0.2, 0) is 16.1 Å². The Hall–Kier alpha value is -2.09. The van der Waals surface area contributed by atoms with Gasteiger partial charge in [0.05, 0.1) is 23.9 Å². The van der Waals surface area contributed by atoms with Crippen LogP contribution in [-0.4, -0.2) is 56.4 Å². The van der Waals surface area contributed by atoms with Gasteiger partial charge in [-0.15, -0.1) is 0 Å². The summed E-state index contributed by atoms with van der Waals surface area (Å²) in [7, 11) is 0. The van der Waals surface area contributed by atoms with Crippen LogP contribution >= 0.6 is 0 Å². The zero-order valence-corrected chi connectivity index (χ0v) is 21.1. The molecule has 0 saturated heterocycles. The van der Waals surface area contributed by atoms with Gasteiger partial charge >= 0.3 is 5.97 Å². The van der Waals surface area contributed by atoms with Crippen molar-refractivity contribution in [1.82, 2.24) is 4.98 Å². The quantitative estimate of drug-likeness (QED) is 0.437. The van der Waals surface area contributed by atoms with Crippen molar-refractivity contribution in [3.05, 3.63) is 41.7 Å². The minimum atomic E-state index is -1.02. The second-order valence-electron chi connectivity index (χ2n) is 12.3. The standard InChI is InChI=1S/C29H38N2O5/c1-26-8-3-23-24(29(26,35)11-5-22(26)20-14-25(33)36-17-20)4-10-28(34)15-21(32)2-9-27(23,28)18-31-16-19-6-12-30-13-7-19/h6-7,12-14,18,21-24,32,34-35H,2-5,8-11,15-17H2,1H3/t21-,22+,23-,24+,26-,27+,28+,29+/m1/s1. The Labute approximate surface area is 212 Å². The molecule has 7 nitrogen and oxygen atoms in total. The molecular formula is C29H38N2O5. The van der Waals surface area contributed by atoms with Gasteiger partial charge < -0.3 is 20.1 Å². The predicted molar refractivity (Wildman–Crippen MR) is 134 cm³/mol. The lowest BCUT2D eigenvalue weighted by Crippen LogP contribution is -2.68. The zero-order valence-electron chi connectivity index (χ0n) is 21.1. The molecule has 0 amide bonds. The molecule has 1 aromatic heterocycles. The summed E-state index contributed by atoms with van der Waals surface area (Å²) in [6.07, 6.45) is 12.9. The van der Waals surface area contributed by atoms with Gasteiger partial charge in [0.1, 0.15) is 6.61 Å². The van der Waals surface area contributed by atoms with Crippen LogP contribution in [0.5, 0.6) is 0 Å². The van der Waals surface area contributed by atoms with Crippen molar-refractivity contribution in [1.29, 1.82) is 0 Å². The molecule has 0 bridgehead atoms. The number of carbonyl (C=O) groups excluding carboxylic acids is 1. The Morgan fingerprint density at radius 3 is 2.61 bits per heavy atom. The lowest BCUT2D eigenvalue weighted by Gasteiger charge is -2.65. The van der Waals surface area contributed by atoms with E-state index in [9.17, 15) is 20.1 Å². The number of aliphatic hydroxyl groups is 3. The maximum absolute atomic E-state index is 12.5. The molecule has 1 aromatic rings. The van der Waals surface area contributed by atoms with E-state index in [-0.39, 0.29) is 29.1 Å². The second kappa shape index (κ2) is 8.47. The molecule has 5 aliphatic rings. The second-order valence-corrected chi connectivity index (χ2v) is 12.3. The number of ether oxygens (including phenoxy) is 1. The third-order valence-electron chi connectivity index (χ3n) is 11.0. The molecule has 8 atom stereocenters. The first-order valence-corrected chi connectivity index (χ1v) is 13.6. The summed E-state index contributed by atoms with van der Waals surface area (Å²) < 4.78 is 5.24. The molecule has 2 heterocycles. The van der Waals surface area contributed by atoms with E-state index in [4.69, 9.17) is 9.73 Å². The largest absolute Gasteiger partial charge is 0.458 e. The highest BCUT2D eigenvalue weighted by Gasteiger charge is 2.71. The number of nitrogens with zero attached hydrogens (tertiary/aromatic N) is 2. The van der Waals surface area contributed by atoms with E-state index in [1.54, 1.807) is 18.5 Å². The molecule has 4 aliphatic carbocycles. The van der Waals surface area contributed by atoms with Crippen LogP contribution in [0.15, 0.2) is 41.2 Å². The van der Waals surface area contributed by atoms with Gasteiger partial charge in [0, 0.05) is 41.9 Å². The van der Waals surface area contributed by atoms with Gasteiger partial charge in [-0.3, -0.25) is 9.98 Å². The topological polar surface area (TPSA) is 112 Å². The average molecular weight is 495 g/mol.